The Bertz CT molecular complexity index is 1020. The van der Waals surface area contributed by atoms with Crippen molar-refractivity contribution in [3.05, 3.63) is 64.1 Å². The molecule has 0 bridgehead atoms. The second-order valence-corrected chi connectivity index (χ2v) is 6.46. The molecular weight excluding hydrogens is 330 g/mol. The number of nitrogens with zero attached hydrogens (tertiary/aromatic N) is 2. The number of methoxy groups -OCH3 is 1. The largest absolute Gasteiger partial charge is 0.496 e. The summed E-state index contributed by atoms with van der Waals surface area (Å²) in [5, 5.41) is 3.02. The average molecular weight is 353 g/mol. The predicted molar refractivity (Wildman–Crippen MR) is 102 cm³/mol. The van der Waals surface area contributed by atoms with E-state index in [9.17, 15) is 9.59 Å². The van der Waals surface area contributed by atoms with E-state index in [0.29, 0.717) is 17.5 Å². The van der Waals surface area contributed by atoms with E-state index in [-0.39, 0.29) is 17.6 Å². The lowest BCUT2D eigenvalue weighted by Gasteiger charge is -2.16. The minimum Gasteiger partial charge on any atom is -0.496 e. The fourth-order valence-electron chi connectivity index (χ4n) is 3.32. The predicted octanol–water partition coefficient (Wildman–Crippen LogP) is 2.25. The zero-order chi connectivity index (χ0) is 18.8. The molecule has 2 aromatic carbocycles. The van der Waals surface area contributed by atoms with Crippen LogP contribution in [0.15, 0.2) is 47.3 Å². The molecule has 0 saturated heterocycles. The Balaban J connectivity index is 1.85. The van der Waals surface area contributed by atoms with E-state index in [0.717, 1.165) is 16.8 Å². The molecule has 3 rings (SSSR count). The molecule has 0 fully saturated rings. The number of rotatable bonds is 5. The van der Waals surface area contributed by atoms with Crippen LogP contribution in [-0.4, -0.2) is 28.2 Å². The molecule has 0 saturated carbocycles. The number of nitrogens with one attached hydrogen (secondary N) is 1. The van der Waals surface area contributed by atoms with E-state index < -0.39 is 0 Å². The summed E-state index contributed by atoms with van der Waals surface area (Å²) >= 11 is 0. The van der Waals surface area contributed by atoms with Crippen LogP contribution in [0.2, 0.25) is 0 Å². The lowest BCUT2D eigenvalue weighted by atomic mass is 10.1. The molecule has 1 atom stereocenters. The summed E-state index contributed by atoms with van der Waals surface area (Å²) in [5.74, 6) is 0.611. The van der Waals surface area contributed by atoms with Gasteiger partial charge in [0, 0.05) is 20.1 Å². The Morgan fingerprint density at radius 3 is 2.58 bits per heavy atom. The van der Waals surface area contributed by atoms with Crippen molar-refractivity contribution in [1.82, 2.24) is 14.5 Å². The van der Waals surface area contributed by atoms with Gasteiger partial charge in [0.1, 0.15) is 5.75 Å². The van der Waals surface area contributed by atoms with Crippen molar-refractivity contribution < 1.29 is 9.53 Å². The summed E-state index contributed by atoms with van der Waals surface area (Å²) in [6.07, 6.45) is 0.652. The van der Waals surface area contributed by atoms with E-state index in [1.165, 1.54) is 4.57 Å². The maximum absolute atomic E-state index is 12.8. The summed E-state index contributed by atoms with van der Waals surface area (Å²) in [6, 6.07) is 13.1. The van der Waals surface area contributed by atoms with Crippen LogP contribution in [0.25, 0.3) is 11.0 Å². The molecule has 136 valence electrons. The smallest absolute Gasteiger partial charge is 0.328 e. The molecule has 1 heterocycles. The van der Waals surface area contributed by atoms with Crippen molar-refractivity contribution in [2.45, 2.75) is 19.4 Å². The third-order valence-electron chi connectivity index (χ3n) is 4.63. The first-order chi connectivity index (χ1) is 12.4. The van der Waals surface area contributed by atoms with Crippen LogP contribution < -0.4 is 15.7 Å². The van der Waals surface area contributed by atoms with Gasteiger partial charge < -0.3 is 10.1 Å². The second kappa shape index (κ2) is 7.07. The van der Waals surface area contributed by atoms with Crippen LogP contribution in [0.5, 0.6) is 5.75 Å². The molecule has 0 unspecified atom stereocenters. The van der Waals surface area contributed by atoms with Gasteiger partial charge in [0.05, 0.1) is 23.7 Å². The number of carbonyl (C=O) groups is 1. The molecule has 3 aromatic rings. The highest BCUT2D eigenvalue weighted by molar-refractivity contribution is 6.05. The zero-order valence-corrected chi connectivity index (χ0v) is 15.4. The van der Waals surface area contributed by atoms with Gasteiger partial charge in [0.15, 0.2) is 0 Å². The highest BCUT2D eigenvalue weighted by atomic mass is 16.5. The van der Waals surface area contributed by atoms with Gasteiger partial charge in [0.25, 0.3) is 5.91 Å². The molecule has 6 heteroatoms. The molecule has 1 N–H and O–H groups in total. The number of para-hydroxylation sites is 2. The van der Waals surface area contributed by atoms with Gasteiger partial charge in [-0.25, -0.2) is 4.79 Å². The normalized spacial score (nSPS) is 12.2. The number of aromatic nitrogens is 2. The number of hydrogen-bond acceptors (Lipinski definition) is 3. The summed E-state index contributed by atoms with van der Waals surface area (Å²) in [7, 11) is 5.02. The van der Waals surface area contributed by atoms with Crippen LogP contribution >= 0.6 is 0 Å². The maximum atomic E-state index is 12.8. The fraction of sp³-hybridized carbons (Fsp3) is 0.300. The van der Waals surface area contributed by atoms with Crippen molar-refractivity contribution in [2.24, 2.45) is 14.1 Å². The summed E-state index contributed by atoms with van der Waals surface area (Å²) in [6.45, 7) is 1.95. The van der Waals surface area contributed by atoms with Gasteiger partial charge >= 0.3 is 5.69 Å². The topological polar surface area (TPSA) is 65.3 Å². The molecule has 0 aliphatic carbocycles. The van der Waals surface area contributed by atoms with Crippen LogP contribution in [0.4, 0.5) is 0 Å². The van der Waals surface area contributed by atoms with Gasteiger partial charge in [-0.3, -0.25) is 13.9 Å². The van der Waals surface area contributed by atoms with E-state index in [4.69, 9.17) is 4.74 Å². The van der Waals surface area contributed by atoms with Gasteiger partial charge in [-0.05, 0) is 37.1 Å². The highest BCUT2D eigenvalue weighted by Crippen LogP contribution is 2.20. The number of benzene rings is 2. The van der Waals surface area contributed by atoms with E-state index in [1.54, 1.807) is 37.9 Å². The first-order valence-electron chi connectivity index (χ1n) is 8.51. The minimum absolute atomic E-state index is 0.0882. The minimum atomic E-state index is -0.195. The monoisotopic (exact) mass is 353 g/mol. The Hall–Kier alpha value is -3.02. The molecule has 0 aliphatic rings. The Morgan fingerprint density at radius 2 is 1.85 bits per heavy atom. The third kappa shape index (κ3) is 3.10. The number of amides is 1. The lowest BCUT2D eigenvalue weighted by molar-refractivity contribution is 0.0941. The van der Waals surface area contributed by atoms with Crippen LogP contribution in [0, 0.1) is 0 Å². The van der Waals surface area contributed by atoms with Gasteiger partial charge in [-0.1, -0.05) is 24.3 Å². The standard InChI is InChI=1S/C20H23N3O3/c1-13(12-14-8-5-6-11-17(14)26-4)21-19(24)15-9-7-10-16-18(15)23(3)20(25)22(16)2/h5-11,13H,12H2,1-4H3,(H,21,24)/t13-/m0/s1. The molecule has 0 spiro atoms. The number of fused-ring (bicyclic) bond motifs is 1. The first kappa shape index (κ1) is 17.8. The van der Waals surface area contributed by atoms with E-state index in [1.807, 2.05) is 37.3 Å². The van der Waals surface area contributed by atoms with Crippen molar-refractivity contribution in [3.8, 4) is 5.75 Å². The number of aryl methyl sites for hydroxylation is 2. The molecular formula is C20H23N3O3. The summed E-state index contributed by atoms with van der Waals surface area (Å²) < 4.78 is 8.43. The van der Waals surface area contributed by atoms with Crippen molar-refractivity contribution in [3.63, 3.8) is 0 Å². The zero-order valence-electron chi connectivity index (χ0n) is 15.4. The van der Waals surface area contributed by atoms with Crippen LogP contribution in [-0.2, 0) is 20.5 Å². The molecule has 0 aliphatic heterocycles. The Labute approximate surface area is 152 Å². The molecule has 1 amide bonds. The van der Waals surface area contributed by atoms with Crippen molar-refractivity contribution in [2.75, 3.05) is 7.11 Å². The quantitative estimate of drug-likeness (QED) is 0.765. The van der Waals surface area contributed by atoms with Gasteiger partial charge in [-0.2, -0.15) is 0 Å². The first-order valence-corrected chi connectivity index (χ1v) is 8.51. The molecule has 6 nitrogen and oxygen atoms in total. The number of carbonyl (C=O) groups excluding carboxylic acids is 1. The second-order valence-electron chi connectivity index (χ2n) is 6.46. The number of ether oxygens (including phenoxy) is 1. The summed E-state index contributed by atoms with van der Waals surface area (Å²) in [5.41, 5.74) is 2.76. The van der Waals surface area contributed by atoms with Crippen LogP contribution in [0.3, 0.4) is 0 Å². The van der Waals surface area contributed by atoms with E-state index in [2.05, 4.69) is 5.32 Å². The van der Waals surface area contributed by atoms with Gasteiger partial charge in [-0.15, -0.1) is 0 Å². The average Bonchev–Trinajstić information content (AvgIpc) is 2.86. The number of hydrogen-bond donors (Lipinski definition) is 1. The van der Waals surface area contributed by atoms with Crippen molar-refractivity contribution in [1.29, 1.82) is 0 Å². The van der Waals surface area contributed by atoms with Gasteiger partial charge in [0.2, 0.25) is 0 Å². The molecule has 0 radical (unpaired) electrons. The molecule has 1 aromatic heterocycles. The summed E-state index contributed by atoms with van der Waals surface area (Å²) in [4.78, 5) is 25.0. The Morgan fingerprint density at radius 1 is 1.12 bits per heavy atom. The fourth-order valence-corrected chi connectivity index (χ4v) is 3.32. The van der Waals surface area contributed by atoms with Crippen LogP contribution in [0.1, 0.15) is 22.8 Å². The highest BCUT2D eigenvalue weighted by Gasteiger charge is 2.18. The number of imidazole rings is 1. The third-order valence-corrected chi connectivity index (χ3v) is 4.63. The van der Waals surface area contributed by atoms with E-state index >= 15 is 0 Å². The SMILES string of the molecule is COc1ccccc1C[C@H](C)NC(=O)c1cccc2c1n(C)c(=O)n2C. The maximum Gasteiger partial charge on any atom is 0.328 e. The lowest BCUT2D eigenvalue weighted by Crippen LogP contribution is -2.34. The molecule has 26 heavy (non-hydrogen) atoms. The van der Waals surface area contributed by atoms with Crippen molar-refractivity contribution >= 4 is 16.9 Å². The Kier molecular flexibility index (Phi) is 4.84.